The van der Waals surface area contributed by atoms with Crippen LogP contribution in [0, 0.1) is 12.7 Å². The number of aliphatic carboxylic acids is 1. The number of ether oxygens (including phenoxy) is 1. The van der Waals surface area contributed by atoms with Crippen molar-refractivity contribution in [3.8, 4) is 16.9 Å². The first kappa shape index (κ1) is 27.1. The van der Waals surface area contributed by atoms with E-state index < -0.39 is 24.6 Å². The van der Waals surface area contributed by atoms with Gasteiger partial charge in [0.15, 0.2) is 6.61 Å². The molecule has 38 heavy (non-hydrogen) atoms. The summed E-state index contributed by atoms with van der Waals surface area (Å²) in [7, 11) is 0. The minimum Gasteiger partial charge on any atom is -0.483 e. The number of amides is 1. The number of fused-ring (bicyclic) bond motifs is 1. The standard InChI is InChI=1S/C28H26F4N2O4/c1-17-3-2-4-19(33-17)6-10-26(35)34-12-11-21-23(15-34)20(7-8-24(21)29)22-13-18(14-27(36)37)5-9-25(22)38-16-28(30,31)32/h2-5,7-9,13H,6,10-12,14-16H2,1H3,(H,36,37). The van der Waals surface area contributed by atoms with Crippen molar-refractivity contribution in [2.75, 3.05) is 13.2 Å². The van der Waals surface area contributed by atoms with Crippen LogP contribution in [-0.4, -0.2) is 46.2 Å². The Kier molecular flexibility index (Phi) is 7.99. The number of benzene rings is 2. The van der Waals surface area contributed by atoms with E-state index in [0.29, 0.717) is 35.2 Å². The van der Waals surface area contributed by atoms with E-state index in [2.05, 4.69) is 4.98 Å². The number of aryl methyl sites for hydroxylation is 2. The first-order valence-corrected chi connectivity index (χ1v) is 12.1. The summed E-state index contributed by atoms with van der Waals surface area (Å²) in [6, 6.07) is 12.3. The maximum Gasteiger partial charge on any atom is 0.422 e. The molecule has 0 atom stereocenters. The third-order valence-corrected chi connectivity index (χ3v) is 6.33. The Balaban J connectivity index is 1.65. The fourth-order valence-corrected chi connectivity index (χ4v) is 4.59. The van der Waals surface area contributed by atoms with Gasteiger partial charge in [0.25, 0.3) is 0 Å². The number of hydrogen-bond acceptors (Lipinski definition) is 4. The van der Waals surface area contributed by atoms with Crippen LogP contribution >= 0.6 is 0 Å². The van der Waals surface area contributed by atoms with Crippen LogP contribution in [0.5, 0.6) is 5.75 Å². The van der Waals surface area contributed by atoms with Crippen molar-refractivity contribution >= 4 is 11.9 Å². The molecule has 0 saturated heterocycles. The molecule has 1 aromatic heterocycles. The number of halogens is 4. The van der Waals surface area contributed by atoms with Crippen LogP contribution in [0.4, 0.5) is 17.6 Å². The molecule has 2 aromatic carbocycles. The van der Waals surface area contributed by atoms with Gasteiger partial charge in [0, 0.05) is 36.5 Å². The summed E-state index contributed by atoms with van der Waals surface area (Å²) in [5, 5.41) is 9.20. The zero-order valence-electron chi connectivity index (χ0n) is 20.6. The Labute approximate surface area is 216 Å². The molecule has 0 aliphatic carbocycles. The molecule has 0 fully saturated rings. The Morgan fingerprint density at radius 1 is 1.08 bits per heavy atom. The second kappa shape index (κ2) is 11.2. The maximum absolute atomic E-state index is 14.8. The quantitative estimate of drug-likeness (QED) is 0.401. The van der Waals surface area contributed by atoms with Crippen molar-refractivity contribution in [1.82, 2.24) is 9.88 Å². The van der Waals surface area contributed by atoms with Crippen LogP contribution in [0.2, 0.25) is 0 Å². The van der Waals surface area contributed by atoms with E-state index in [1.807, 2.05) is 25.1 Å². The molecule has 10 heteroatoms. The van der Waals surface area contributed by atoms with E-state index in [9.17, 15) is 32.3 Å². The molecular formula is C28H26F4N2O4. The number of carboxylic acid groups (broad SMARTS) is 1. The fraction of sp³-hybridized carbons (Fsp3) is 0.321. The molecule has 0 saturated carbocycles. The number of aromatic nitrogens is 1. The lowest BCUT2D eigenvalue weighted by Gasteiger charge is -2.31. The number of nitrogens with zero attached hydrogens (tertiary/aromatic N) is 2. The van der Waals surface area contributed by atoms with Gasteiger partial charge in [-0.25, -0.2) is 4.39 Å². The van der Waals surface area contributed by atoms with Gasteiger partial charge in [-0.1, -0.05) is 18.2 Å². The molecular weight excluding hydrogens is 504 g/mol. The smallest absolute Gasteiger partial charge is 0.422 e. The van der Waals surface area contributed by atoms with E-state index in [1.54, 1.807) is 4.90 Å². The second-order valence-corrected chi connectivity index (χ2v) is 9.19. The molecule has 6 nitrogen and oxygen atoms in total. The Bertz CT molecular complexity index is 1360. The van der Waals surface area contributed by atoms with Crippen molar-refractivity contribution in [1.29, 1.82) is 0 Å². The van der Waals surface area contributed by atoms with Crippen molar-refractivity contribution < 1.29 is 37.0 Å². The van der Waals surface area contributed by atoms with Crippen molar-refractivity contribution in [3.05, 3.63) is 82.4 Å². The molecule has 200 valence electrons. The Hall–Kier alpha value is -3.95. The van der Waals surface area contributed by atoms with Gasteiger partial charge in [0.1, 0.15) is 11.6 Å². The molecule has 1 N–H and O–H groups in total. The summed E-state index contributed by atoms with van der Waals surface area (Å²) in [6.07, 6.45) is -4.07. The predicted octanol–water partition coefficient (Wildman–Crippen LogP) is 5.28. The van der Waals surface area contributed by atoms with Crippen LogP contribution in [0.1, 0.15) is 34.5 Å². The minimum atomic E-state index is -4.59. The van der Waals surface area contributed by atoms with Gasteiger partial charge < -0.3 is 14.7 Å². The SMILES string of the molecule is Cc1cccc(CCC(=O)N2CCc3c(F)ccc(-c4cc(CC(=O)O)ccc4OCC(F)(F)F)c3C2)n1. The van der Waals surface area contributed by atoms with Gasteiger partial charge >= 0.3 is 12.1 Å². The molecule has 1 amide bonds. The molecule has 0 bridgehead atoms. The number of carbonyl (C=O) groups excluding carboxylic acids is 1. The molecule has 3 aromatic rings. The van der Waals surface area contributed by atoms with Gasteiger partial charge in [-0.3, -0.25) is 14.6 Å². The summed E-state index contributed by atoms with van der Waals surface area (Å²) in [6.45, 7) is 0.675. The number of pyridine rings is 1. The molecule has 0 unspecified atom stereocenters. The Morgan fingerprint density at radius 2 is 1.87 bits per heavy atom. The highest BCUT2D eigenvalue weighted by atomic mass is 19.4. The van der Waals surface area contributed by atoms with Gasteiger partial charge in [-0.05, 0) is 72.4 Å². The third kappa shape index (κ3) is 6.67. The van der Waals surface area contributed by atoms with E-state index in [1.165, 1.54) is 30.3 Å². The fourth-order valence-electron chi connectivity index (χ4n) is 4.59. The van der Waals surface area contributed by atoms with E-state index >= 15 is 0 Å². The predicted molar refractivity (Wildman–Crippen MR) is 131 cm³/mol. The van der Waals surface area contributed by atoms with Gasteiger partial charge in [0.2, 0.25) is 5.91 Å². The van der Waals surface area contributed by atoms with Crippen LogP contribution in [-0.2, 0) is 35.4 Å². The van der Waals surface area contributed by atoms with Crippen LogP contribution < -0.4 is 4.74 Å². The second-order valence-electron chi connectivity index (χ2n) is 9.19. The average molecular weight is 531 g/mol. The van der Waals surface area contributed by atoms with Crippen molar-refractivity contribution in [2.45, 2.75) is 45.3 Å². The summed E-state index contributed by atoms with van der Waals surface area (Å²) in [4.78, 5) is 30.3. The van der Waals surface area contributed by atoms with Gasteiger partial charge in [0.05, 0.1) is 6.42 Å². The molecule has 2 heterocycles. The first-order valence-electron chi connectivity index (χ1n) is 12.1. The topological polar surface area (TPSA) is 79.7 Å². The number of carbonyl (C=O) groups is 2. The Morgan fingerprint density at radius 3 is 2.58 bits per heavy atom. The van der Waals surface area contributed by atoms with Crippen LogP contribution in [0.3, 0.4) is 0 Å². The van der Waals surface area contributed by atoms with Crippen molar-refractivity contribution in [2.24, 2.45) is 0 Å². The molecule has 0 radical (unpaired) electrons. The van der Waals surface area contributed by atoms with Crippen LogP contribution in [0.15, 0.2) is 48.5 Å². The average Bonchev–Trinajstić information content (AvgIpc) is 2.86. The highest BCUT2D eigenvalue weighted by Crippen LogP contribution is 2.38. The zero-order chi connectivity index (χ0) is 27.4. The lowest BCUT2D eigenvalue weighted by atomic mass is 9.89. The largest absolute Gasteiger partial charge is 0.483 e. The molecule has 0 spiro atoms. The normalized spacial score (nSPS) is 13.2. The number of rotatable bonds is 8. The summed E-state index contributed by atoms with van der Waals surface area (Å²) >= 11 is 0. The third-order valence-electron chi connectivity index (χ3n) is 6.33. The molecule has 4 rings (SSSR count). The zero-order valence-corrected chi connectivity index (χ0v) is 20.6. The van der Waals surface area contributed by atoms with Crippen LogP contribution in [0.25, 0.3) is 11.1 Å². The van der Waals surface area contributed by atoms with E-state index in [4.69, 9.17) is 4.74 Å². The number of hydrogen-bond donors (Lipinski definition) is 1. The maximum atomic E-state index is 14.8. The summed E-state index contributed by atoms with van der Waals surface area (Å²) < 4.78 is 58.6. The molecule has 1 aliphatic heterocycles. The summed E-state index contributed by atoms with van der Waals surface area (Å²) in [5.74, 6) is -1.85. The summed E-state index contributed by atoms with van der Waals surface area (Å²) in [5.41, 5.74) is 3.41. The van der Waals surface area contributed by atoms with Gasteiger partial charge in [-0.15, -0.1) is 0 Å². The van der Waals surface area contributed by atoms with E-state index in [0.717, 1.165) is 11.4 Å². The first-order chi connectivity index (χ1) is 18.0. The van der Waals surface area contributed by atoms with Gasteiger partial charge in [-0.2, -0.15) is 13.2 Å². The van der Waals surface area contributed by atoms with Crippen molar-refractivity contribution in [3.63, 3.8) is 0 Å². The highest BCUT2D eigenvalue weighted by Gasteiger charge is 2.30. The lowest BCUT2D eigenvalue weighted by molar-refractivity contribution is -0.153. The van der Waals surface area contributed by atoms with E-state index in [-0.39, 0.29) is 43.0 Å². The minimum absolute atomic E-state index is 0.0599. The number of carboxylic acids is 1. The number of alkyl halides is 3. The monoisotopic (exact) mass is 530 g/mol. The highest BCUT2D eigenvalue weighted by molar-refractivity contribution is 5.80. The molecule has 1 aliphatic rings. The lowest BCUT2D eigenvalue weighted by Crippen LogP contribution is -2.36.